The van der Waals surface area contributed by atoms with Gasteiger partial charge in [0, 0.05) is 6.54 Å². The molecule has 0 aromatic heterocycles. The summed E-state index contributed by atoms with van der Waals surface area (Å²) in [4.78, 5) is 12.5. The van der Waals surface area contributed by atoms with Crippen LogP contribution in [0.3, 0.4) is 0 Å². The number of carbonyl (C=O) groups excluding carboxylic acids is 1. The monoisotopic (exact) mass is 274 g/mol. The van der Waals surface area contributed by atoms with Crippen LogP contribution in [-0.2, 0) is 11.2 Å². The number of hydrogen-bond acceptors (Lipinski definition) is 3. The first-order valence-electron chi connectivity index (χ1n) is 7.45. The maximum absolute atomic E-state index is 12.5. The summed E-state index contributed by atoms with van der Waals surface area (Å²) >= 11 is 0. The molecule has 3 rings (SSSR count). The van der Waals surface area contributed by atoms with Gasteiger partial charge in [0.25, 0.3) is 0 Å². The zero-order valence-corrected chi connectivity index (χ0v) is 11.7. The highest BCUT2D eigenvalue weighted by atomic mass is 16.5. The summed E-state index contributed by atoms with van der Waals surface area (Å²) in [7, 11) is 0. The predicted octanol–water partition coefficient (Wildman–Crippen LogP) is 1.63. The van der Waals surface area contributed by atoms with Gasteiger partial charge in [-0.25, -0.2) is 0 Å². The van der Waals surface area contributed by atoms with Crippen molar-refractivity contribution >= 4 is 5.91 Å². The van der Waals surface area contributed by atoms with Crippen LogP contribution in [0.1, 0.15) is 31.2 Å². The predicted molar refractivity (Wildman–Crippen MR) is 77.5 cm³/mol. The van der Waals surface area contributed by atoms with Crippen molar-refractivity contribution in [2.24, 2.45) is 11.7 Å². The Hall–Kier alpha value is -1.55. The molecule has 1 unspecified atom stereocenters. The van der Waals surface area contributed by atoms with E-state index in [0.29, 0.717) is 13.2 Å². The molecular weight excluding hydrogens is 252 g/mol. The molecule has 0 spiro atoms. The lowest BCUT2D eigenvalue weighted by atomic mass is 9.92. The molecule has 1 fully saturated rings. The Kier molecular flexibility index (Phi) is 3.66. The fourth-order valence-electron chi connectivity index (χ4n) is 3.29. The largest absolute Gasteiger partial charge is 0.492 e. The average molecular weight is 274 g/mol. The summed E-state index contributed by atoms with van der Waals surface area (Å²) in [5.74, 6) is 0.895. The minimum Gasteiger partial charge on any atom is -0.492 e. The molecule has 108 valence electrons. The van der Waals surface area contributed by atoms with Gasteiger partial charge in [0.1, 0.15) is 12.4 Å². The van der Waals surface area contributed by atoms with Gasteiger partial charge in [-0.05, 0) is 30.9 Å². The summed E-state index contributed by atoms with van der Waals surface area (Å²) in [5, 5.41) is 3.20. The molecular formula is C16H22N2O2. The molecule has 0 saturated heterocycles. The summed E-state index contributed by atoms with van der Waals surface area (Å²) < 4.78 is 5.70. The number of carbonyl (C=O) groups is 1. The van der Waals surface area contributed by atoms with E-state index in [-0.39, 0.29) is 17.4 Å². The van der Waals surface area contributed by atoms with Gasteiger partial charge in [0.05, 0.1) is 11.5 Å². The van der Waals surface area contributed by atoms with E-state index in [0.717, 1.165) is 43.4 Å². The quantitative estimate of drug-likeness (QED) is 0.880. The molecule has 0 bridgehead atoms. The van der Waals surface area contributed by atoms with Crippen molar-refractivity contribution in [1.29, 1.82) is 0 Å². The van der Waals surface area contributed by atoms with E-state index in [4.69, 9.17) is 10.5 Å². The Balaban J connectivity index is 1.67. The number of fused-ring (bicyclic) bond motifs is 1. The number of nitrogens with one attached hydrogen (secondary N) is 1. The lowest BCUT2D eigenvalue weighted by Crippen LogP contribution is -2.54. The number of para-hydroxylation sites is 1. The molecule has 2 aliphatic rings. The smallest absolute Gasteiger partial charge is 0.227 e. The average Bonchev–Trinajstić information content (AvgIpc) is 2.96. The van der Waals surface area contributed by atoms with Crippen molar-refractivity contribution in [3.63, 3.8) is 0 Å². The fraction of sp³-hybridized carbons (Fsp3) is 0.562. The van der Waals surface area contributed by atoms with Crippen molar-refractivity contribution in [1.82, 2.24) is 5.32 Å². The summed E-state index contributed by atoms with van der Waals surface area (Å²) in [6.07, 6.45) is 5.06. The molecule has 4 heteroatoms. The molecule has 1 aliphatic carbocycles. The Morgan fingerprint density at radius 2 is 2.10 bits per heavy atom. The molecule has 1 amide bonds. The van der Waals surface area contributed by atoms with Gasteiger partial charge in [-0.2, -0.15) is 0 Å². The molecule has 1 aromatic carbocycles. The second-order valence-electron chi connectivity index (χ2n) is 6.00. The van der Waals surface area contributed by atoms with Gasteiger partial charge in [-0.15, -0.1) is 0 Å². The fourth-order valence-corrected chi connectivity index (χ4v) is 3.29. The SMILES string of the molecule is NCC1(NC(=O)C2COc3ccccc3C2)CCCC1. The van der Waals surface area contributed by atoms with Gasteiger partial charge in [-0.3, -0.25) is 4.79 Å². The van der Waals surface area contributed by atoms with Gasteiger partial charge >= 0.3 is 0 Å². The lowest BCUT2D eigenvalue weighted by Gasteiger charge is -2.32. The molecule has 1 heterocycles. The minimum atomic E-state index is -0.173. The molecule has 1 saturated carbocycles. The first-order valence-corrected chi connectivity index (χ1v) is 7.45. The van der Waals surface area contributed by atoms with Crippen LogP contribution in [0.4, 0.5) is 0 Å². The van der Waals surface area contributed by atoms with E-state index in [2.05, 4.69) is 5.32 Å². The Bertz CT molecular complexity index is 495. The standard InChI is InChI=1S/C16H22N2O2/c17-11-16(7-3-4-8-16)18-15(19)13-9-12-5-1-2-6-14(12)20-10-13/h1-2,5-6,13H,3-4,7-11,17H2,(H,18,19). The third-order valence-corrected chi connectivity index (χ3v) is 4.59. The number of hydrogen-bond donors (Lipinski definition) is 2. The van der Waals surface area contributed by atoms with E-state index in [1.54, 1.807) is 0 Å². The van der Waals surface area contributed by atoms with Crippen LogP contribution in [0.5, 0.6) is 5.75 Å². The van der Waals surface area contributed by atoms with E-state index in [1.807, 2.05) is 24.3 Å². The third-order valence-electron chi connectivity index (χ3n) is 4.59. The van der Waals surface area contributed by atoms with Crippen molar-refractivity contribution in [3.05, 3.63) is 29.8 Å². The summed E-state index contributed by atoms with van der Waals surface area (Å²) in [5.41, 5.74) is 6.82. The highest BCUT2D eigenvalue weighted by Crippen LogP contribution is 2.31. The molecule has 0 radical (unpaired) electrons. The van der Waals surface area contributed by atoms with E-state index >= 15 is 0 Å². The van der Waals surface area contributed by atoms with Crippen molar-refractivity contribution in [2.45, 2.75) is 37.6 Å². The van der Waals surface area contributed by atoms with Crippen LogP contribution in [0.25, 0.3) is 0 Å². The third kappa shape index (κ3) is 2.52. The number of rotatable bonds is 3. The molecule has 1 atom stereocenters. The van der Waals surface area contributed by atoms with Crippen LogP contribution in [0, 0.1) is 5.92 Å². The van der Waals surface area contributed by atoms with Gasteiger partial charge < -0.3 is 15.8 Å². The lowest BCUT2D eigenvalue weighted by molar-refractivity contribution is -0.128. The summed E-state index contributed by atoms with van der Waals surface area (Å²) in [6, 6.07) is 7.94. The van der Waals surface area contributed by atoms with E-state index < -0.39 is 0 Å². The van der Waals surface area contributed by atoms with Crippen LogP contribution < -0.4 is 15.8 Å². The van der Waals surface area contributed by atoms with Crippen LogP contribution in [0.2, 0.25) is 0 Å². The van der Waals surface area contributed by atoms with Gasteiger partial charge in [-0.1, -0.05) is 31.0 Å². The van der Waals surface area contributed by atoms with Crippen molar-refractivity contribution < 1.29 is 9.53 Å². The van der Waals surface area contributed by atoms with Crippen molar-refractivity contribution in [3.8, 4) is 5.75 Å². The van der Waals surface area contributed by atoms with Crippen LogP contribution >= 0.6 is 0 Å². The highest BCUT2D eigenvalue weighted by molar-refractivity contribution is 5.80. The Morgan fingerprint density at radius 1 is 1.35 bits per heavy atom. The van der Waals surface area contributed by atoms with Crippen LogP contribution in [0.15, 0.2) is 24.3 Å². The number of amides is 1. The first kappa shape index (κ1) is 13.4. The Labute approximate surface area is 119 Å². The minimum absolute atomic E-state index is 0.0897. The first-order chi connectivity index (χ1) is 9.72. The number of ether oxygens (including phenoxy) is 1. The molecule has 1 aromatic rings. The Morgan fingerprint density at radius 3 is 2.85 bits per heavy atom. The van der Waals surface area contributed by atoms with E-state index in [9.17, 15) is 4.79 Å². The molecule has 4 nitrogen and oxygen atoms in total. The zero-order valence-electron chi connectivity index (χ0n) is 11.7. The maximum atomic E-state index is 12.5. The molecule has 3 N–H and O–H groups in total. The van der Waals surface area contributed by atoms with E-state index in [1.165, 1.54) is 0 Å². The number of nitrogens with two attached hydrogens (primary N) is 1. The number of benzene rings is 1. The van der Waals surface area contributed by atoms with Gasteiger partial charge in [0.15, 0.2) is 0 Å². The van der Waals surface area contributed by atoms with Gasteiger partial charge in [0.2, 0.25) is 5.91 Å². The molecule has 20 heavy (non-hydrogen) atoms. The second kappa shape index (κ2) is 5.44. The maximum Gasteiger partial charge on any atom is 0.227 e. The summed E-state index contributed by atoms with van der Waals surface area (Å²) in [6.45, 7) is 0.992. The van der Waals surface area contributed by atoms with Crippen LogP contribution in [-0.4, -0.2) is 24.6 Å². The topological polar surface area (TPSA) is 64.3 Å². The highest BCUT2D eigenvalue weighted by Gasteiger charge is 2.36. The zero-order chi connectivity index (χ0) is 14.0. The molecule has 1 aliphatic heterocycles. The second-order valence-corrected chi connectivity index (χ2v) is 6.00. The normalized spacial score (nSPS) is 23.8. The van der Waals surface area contributed by atoms with Crippen molar-refractivity contribution in [2.75, 3.05) is 13.2 Å².